The third-order valence-corrected chi connectivity index (χ3v) is 10.6. The van der Waals surface area contributed by atoms with E-state index in [4.69, 9.17) is 11.5 Å². The predicted molar refractivity (Wildman–Crippen MR) is 132 cm³/mol. The van der Waals surface area contributed by atoms with Crippen molar-refractivity contribution in [1.82, 2.24) is 0 Å². The quantitative estimate of drug-likeness (QED) is 0.654. The van der Waals surface area contributed by atoms with Crippen LogP contribution < -0.4 is 11.5 Å². The number of rotatable bonds is 5. The molecule has 5 fully saturated rings. The van der Waals surface area contributed by atoms with Crippen molar-refractivity contribution in [2.24, 2.45) is 40.1 Å². The third kappa shape index (κ3) is 2.69. The summed E-state index contributed by atoms with van der Waals surface area (Å²) < 4.78 is 0. The lowest BCUT2D eigenvalue weighted by atomic mass is 9.05. The molecular formula is C30H38N2O. The molecule has 0 aromatic heterocycles. The Morgan fingerprint density at radius 3 is 2.09 bits per heavy atom. The van der Waals surface area contributed by atoms with Gasteiger partial charge in [0.25, 0.3) is 0 Å². The van der Waals surface area contributed by atoms with Crippen LogP contribution in [-0.4, -0.2) is 11.9 Å². The fourth-order valence-electron chi connectivity index (χ4n) is 9.41. The van der Waals surface area contributed by atoms with E-state index >= 15 is 0 Å². The second kappa shape index (κ2) is 7.70. The summed E-state index contributed by atoms with van der Waals surface area (Å²) in [4.78, 5) is 12.4. The van der Waals surface area contributed by atoms with E-state index in [1.165, 1.54) is 56.1 Å². The molecule has 1 spiro atoms. The van der Waals surface area contributed by atoms with E-state index in [0.29, 0.717) is 17.9 Å². The maximum atomic E-state index is 12.4. The molecule has 0 bridgehead atoms. The highest BCUT2D eigenvalue weighted by molar-refractivity contribution is 5.88. The summed E-state index contributed by atoms with van der Waals surface area (Å²) in [6.07, 6.45) is 12.4. The van der Waals surface area contributed by atoms with Crippen molar-refractivity contribution in [1.29, 1.82) is 0 Å². The lowest BCUT2D eigenvalue weighted by molar-refractivity contribution is -0.457. The summed E-state index contributed by atoms with van der Waals surface area (Å²) in [5.41, 5.74) is 14.8. The van der Waals surface area contributed by atoms with Crippen LogP contribution in [0.15, 0.2) is 60.7 Å². The van der Waals surface area contributed by atoms with Crippen molar-refractivity contribution in [3.8, 4) is 0 Å². The first-order valence-electron chi connectivity index (χ1n) is 13.2. The Morgan fingerprint density at radius 1 is 0.879 bits per heavy atom. The Kier molecular flexibility index (Phi) is 4.99. The zero-order valence-corrected chi connectivity index (χ0v) is 19.7. The van der Waals surface area contributed by atoms with E-state index < -0.39 is 0 Å². The standard InChI is InChI=1S/C24H25NO.C6H13N/c25-21(26)23-14-20-18(12-11-16-7-3-1-4-8-16)19-13-22(15-23,24(19,20)23)17-9-5-2-6-10-17;7-6-4-2-1-3-5-6/h1-10,18-20H,11-15H2,(H2,25,26);6H,1-5,7H2. The second-order valence-corrected chi connectivity index (χ2v) is 11.6. The highest BCUT2D eigenvalue weighted by atomic mass is 16.1. The van der Waals surface area contributed by atoms with Crippen LogP contribution in [0.2, 0.25) is 0 Å². The van der Waals surface area contributed by atoms with Crippen LogP contribution >= 0.6 is 0 Å². The topological polar surface area (TPSA) is 69.1 Å². The van der Waals surface area contributed by atoms with Crippen LogP contribution in [0, 0.1) is 28.6 Å². The van der Waals surface area contributed by atoms with Crippen molar-refractivity contribution in [3.05, 3.63) is 71.8 Å². The fourth-order valence-corrected chi connectivity index (χ4v) is 9.41. The van der Waals surface area contributed by atoms with Gasteiger partial charge in [-0.25, -0.2) is 0 Å². The molecule has 3 heteroatoms. The highest BCUT2D eigenvalue weighted by Crippen LogP contribution is 2.98. The number of hydrogen-bond donors (Lipinski definition) is 2. The molecule has 174 valence electrons. The minimum atomic E-state index is -0.181. The van der Waals surface area contributed by atoms with Crippen LogP contribution in [0.25, 0.3) is 0 Å². The van der Waals surface area contributed by atoms with E-state index in [9.17, 15) is 4.79 Å². The maximum absolute atomic E-state index is 12.4. The summed E-state index contributed by atoms with van der Waals surface area (Å²) in [5.74, 6) is 2.20. The fraction of sp³-hybridized carbons (Fsp3) is 0.567. The number of primary amides is 1. The van der Waals surface area contributed by atoms with E-state index in [0.717, 1.165) is 25.2 Å². The van der Waals surface area contributed by atoms with Gasteiger partial charge >= 0.3 is 0 Å². The van der Waals surface area contributed by atoms with Crippen molar-refractivity contribution in [2.45, 2.75) is 75.7 Å². The van der Waals surface area contributed by atoms with Gasteiger partial charge in [-0.05, 0) is 73.8 Å². The van der Waals surface area contributed by atoms with E-state index in [2.05, 4.69) is 60.7 Å². The molecule has 2 aromatic rings. The summed E-state index contributed by atoms with van der Waals surface area (Å²) >= 11 is 0. The zero-order chi connectivity index (χ0) is 22.7. The Balaban J connectivity index is 0.000000255. The van der Waals surface area contributed by atoms with Gasteiger partial charge in [0.15, 0.2) is 0 Å². The highest BCUT2D eigenvalue weighted by Gasteiger charge is 2.97. The Morgan fingerprint density at radius 2 is 1.52 bits per heavy atom. The summed E-state index contributed by atoms with van der Waals surface area (Å²) in [6, 6.07) is 22.3. The first-order chi connectivity index (χ1) is 16.1. The van der Waals surface area contributed by atoms with Crippen molar-refractivity contribution >= 4 is 5.91 Å². The van der Waals surface area contributed by atoms with E-state index in [1.807, 2.05) is 0 Å². The average Bonchev–Trinajstić information content (AvgIpc) is 2.80. The molecule has 33 heavy (non-hydrogen) atoms. The van der Waals surface area contributed by atoms with Gasteiger partial charge in [0.2, 0.25) is 5.91 Å². The molecular weight excluding hydrogens is 404 g/mol. The maximum Gasteiger partial charge on any atom is 0.224 e. The van der Waals surface area contributed by atoms with Gasteiger partial charge in [-0.1, -0.05) is 79.9 Å². The Hall–Kier alpha value is -2.13. The number of carbonyl (C=O) groups excluding carboxylic acids is 1. The molecule has 0 saturated heterocycles. The molecule has 0 radical (unpaired) electrons. The monoisotopic (exact) mass is 442 g/mol. The molecule has 5 aliphatic carbocycles. The minimum Gasteiger partial charge on any atom is -0.369 e. The molecule has 0 heterocycles. The first-order valence-corrected chi connectivity index (χ1v) is 13.2. The molecule has 3 nitrogen and oxygen atoms in total. The number of carbonyl (C=O) groups is 1. The van der Waals surface area contributed by atoms with Crippen LogP contribution in [0.3, 0.4) is 0 Å². The molecule has 4 N–H and O–H groups in total. The van der Waals surface area contributed by atoms with Gasteiger partial charge in [0, 0.05) is 16.9 Å². The molecule has 5 aliphatic rings. The lowest BCUT2D eigenvalue weighted by Crippen LogP contribution is -2.96. The molecule has 1 amide bonds. The van der Waals surface area contributed by atoms with Crippen LogP contribution in [0.4, 0.5) is 0 Å². The van der Waals surface area contributed by atoms with Crippen molar-refractivity contribution in [2.75, 3.05) is 0 Å². The first kappa shape index (κ1) is 21.4. The summed E-state index contributed by atoms with van der Waals surface area (Å²) in [7, 11) is 0. The lowest BCUT2D eigenvalue weighted by Gasteiger charge is -2.97. The van der Waals surface area contributed by atoms with Crippen molar-refractivity contribution in [3.63, 3.8) is 0 Å². The Bertz CT molecular complexity index is 1010. The van der Waals surface area contributed by atoms with Crippen LogP contribution in [0.5, 0.6) is 0 Å². The molecule has 6 unspecified atom stereocenters. The Labute approximate surface area is 198 Å². The van der Waals surface area contributed by atoms with Gasteiger partial charge in [-0.3, -0.25) is 4.79 Å². The van der Waals surface area contributed by atoms with Gasteiger partial charge in [0.05, 0.1) is 5.41 Å². The van der Waals surface area contributed by atoms with E-state index in [1.54, 1.807) is 0 Å². The normalized spacial score (nSPS) is 39.7. The molecule has 6 atom stereocenters. The number of hydrogen-bond acceptors (Lipinski definition) is 2. The van der Waals surface area contributed by atoms with Crippen molar-refractivity contribution < 1.29 is 4.79 Å². The molecule has 5 saturated carbocycles. The number of benzene rings is 2. The van der Waals surface area contributed by atoms with Gasteiger partial charge in [-0.2, -0.15) is 0 Å². The summed E-state index contributed by atoms with van der Waals surface area (Å²) in [5, 5.41) is 0. The number of aryl methyl sites for hydroxylation is 1. The minimum absolute atomic E-state index is 0.0217. The predicted octanol–water partition coefficient (Wildman–Crippen LogP) is 5.37. The summed E-state index contributed by atoms with van der Waals surface area (Å²) in [6.45, 7) is 0. The third-order valence-electron chi connectivity index (χ3n) is 10.6. The van der Waals surface area contributed by atoms with Gasteiger partial charge in [0.1, 0.15) is 0 Å². The molecule has 7 rings (SSSR count). The zero-order valence-electron chi connectivity index (χ0n) is 19.7. The van der Waals surface area contributed by atoms with Gasteiger partial charge < -0.3 is 11.5 Å². The molecule has 2 aromatic carbocycles. The average molecular weight is 443 g/mol. The number of amides is 1. The van der Waals surface area contributed by atoms with Gasteiger partial charge in [-0.15, -0.1) is 0 Å². The van der Waals surface area contributed by atoms with Crippen LogP contribution in [0.1, 0.15) is 68.9 Å². The SMILES string of the molecule is NC(=O)C12CC3C(CCc4ccccc4)C4CC(c5ccccc5)(C1)C342.NC1CCCCC1. The smallest absolute Gasteiger partial charge is 0.224 e. The second-order valence-electron chi connectivity index (χ2n) is 11.6. The van der Waals surface area contributed by atoms with Crippen LogP contribution in [-0.2, 0) is 16.6 Å². The number of nitrogens with two attached hydrogens (primary N) is 2. The van der Waals surface area contributed by atoms with E-state index in [-0.39, 0.29) is 22.2 Å². The largest absolute Gasteiger partial charge is 0.369 e. The molecule has 0 aliphatic heterocycles.